The fraction of sp³-hybridized carbons (Fsp3) is 0.278. The molecule has 2 aromatic rings. The van der Waals surface area contributed by atoms with Crippen LogP contribution in [0.4, 0.5) is 14.5 Å². The lowest BCUT2D eigenvalue weighted by Gasteiger charge is -2.38. The summed E-state index contributed by atoms with van der Waals surface area (Å²) in [4.78, 5) is 12.3. The number of hydrogen-bond donors (Lipinski definition) is 2. The standard InChI is InChI=1S/C18H18F2N2O4S/c1-18(10-26-11-18)22-27(24,25)15-4-2-3-12(8-15)17(23)21-14-5-6-16(20)13(7-14)9-19/h2-8,22H,9-11H2,1H3,(H,21,23). The molecule has 0 saturated carbocycles. The van der Waals surface area contributed by atoms with E-state index in [1.54, 1.807) is 6.92 Å². The fourth-order valence-corrected chi connectivity index (χ4v) is 4.04. The molecule has 0 bridgehead atoms. The largest absolute Gasteiger partial charge is 0.377 e. The van der Waals surface area contributed by atoms with Gasteiger partial charge in [0.1, 0.15) is 12.5 Å². The Morgan fingerprint density at radius 1 is 1.22 bits per heavy atom. The maximum atomic E-state index is 13.3. The summed E-state index contributed by atoms with van der Waals surface area (Å²) < 4.78 is 58.7. The number of hydrogen-bond acceptors (Lipinski definition) is 4. The van der Waals surface area contributed by atoms with E-state index >= 15 is 0 Å². The average molecular weight is 396 g/mol. The number of nitrogens with one attached hydrogen (secondary N) is 2. The Morgan fingerprint density at radius 2 is 1.96 bits per heavy atom. The molecule has 1 aliphatic heterocycles. The van der Waals surface area contributed by atoms with Crippen LogP contribution in [0, 0.1) is 5.82 Å². The topological polar surface area (TPSA) is 84.5 Å². The molecule has 1 saturated heterocycles. The molecule has 0 aromatic heterocycles. The molecule has 1 fully saturated rings. The van der Waals surface area contributed by atoms with Gasteiger partial charge in [-0.2, -0.15) is 0 Å². The van der Waals surface area contributed by atoms with Crippen molar-refractivity contribution in [1.82, 2.24) is 4.72 Å². The van der Waals surface area contributed by atoms with Gasteiger partial charge in [0.15, 0.2) is 0 Å². The molecule has 1 aliphatic rings. The molecular weight excluding hydrogens is 378 g/mol. The van der Waals surface area contributed by atoms with Crippen molar-refractivity contribution < 1.29 is 26.7 Å². The van der Waals surface area contributed by atoms with E-state index in [1.165, 1.54) is 36.4 Å². The van der Waals surface area contributed by atoms with Gasteiger partial charge in [0, 0.05) is 16.8 Å². The summed E-state index contributed by atoms with van der Waals surface area (Å²) in [6, 6.07) is 9.04. The van der Waals surface area contributed by atoms with Gasteiger partial charge in [-0.3, -0.25) is 4.79 Å². The Bertz CT molecular complexity index is 975. The monoisotopic (exact) mass is 396 g/mol. The second-order valence-electron chi connectivity index (χ2n) is 6.58. The van der Waals surface area contributed by atoms with Gasteiger partial charge in [0.2, 0.25) is 10.0 Å². The summed E-state index contributed by atoms with van der Waals surface area (Å²) in [5, 5.41) is 2.50. The maximum absolute atomic E-state index is 13.3. The third-order valence-electron chi connectivity index (χ3n) is 4.08. The quantitative estimate of drug-likeness (QED) is 0.786. The predicted octanol–water partition coefficient (Wildman–Crippen LogP) is 2.61. The van der Waals surface area contributed by atoms with E-state index in [0.717, 1.165) is 6.07 Å². The molecule has 27 heavy (non-hydrogen) atoms. The van der Waals surface area contributed by atoms with Crippen LogP contribution in [-0.2, 0) is 21.4 Å². The molecule has 0 spiro atoms. The van der Waals surface area contributed by atoms with Gasteiger partial charge in [-0.05, 0) is 43.3 Å². The minimum Gasteiger partial charge on any atom is -0.377 e. The van der Waals surface area contributed by atoms with E-state index in [0.29, 0.717) is 0 Å². The highest BCUT2D eigenvalue weighted by molar-refractivity contribution is 7.89. The lowest BCUT2D eigenvalue weighted by molar-refractivity contribution is -0.0523. The number of rotatable bonds is 6. The van der Waals surface area contributed by atoms with Crippen molar-refractivity contribution in [2.75, 3.05) is 18.5 Å². The van der Waals surface area contributed by atoms with Crippen LogP contribution in [0.15, 0.2) is 47.4 Å². The Labute approximate surface area is 155 Å². The van der Waals surface area contributed by atoms with E-state index in [1.807, 2.05) is 0 Å². The highest BCUT2D eigenvalue weighted by atomic mass is 32.2. The smallest absolute Gasteiger partial charge is 0.255 e. The zero-order valence-corrected chi connectivity index (χ0v) is 15.3. The predicted molar refractivity (Wildman–Crippen MR) is 95.2 cm³/mol. The third-order valence-corrected chi connectivity index (χ3v) is 5.71. The maximum Gasteiger partial charge on any atom is 0.255 e. The van der Waals surface area contributed by atoms with Gasteiger partial charge in [-0.15, -0.1) is 0 Å². The highest BCUT2D eigenvalue weighted by Gasteiger charge is 2.37. The number of ether oxygens (including phenoxy) is 1. The van der Waals surface area contributed by atoms with Crippen molar-refractivity contribution >= 4 is 21.6 Å². The van der Waals surface area contributed by atoms with E-state index in [-0.39, 0.29) is 34.9 Å². The second-order valence-corrected chi connectivity index (χ2v) is 8.26. The van der Waals surface area contributed by atoms with Gasteiger partial charge >= 0.3 is 0 Å². The zero-order valence-electron chi connectivity index (χ0n) is 14.5. The molecule has 0 atom stereocenters. The van der Waals surface area contributed by atoms with Crippen LogP contribution in [0.1, 0.15) is 22.8 Å². The number of halogens is 2. The number of carbonyl (C=O) groups excluding carboxylic acids is 1. The summed E-state index contributed by atoms with van der Waals surface area (Å²) in [5.74, 6) is -1.30. The van der Waals surface area contributed by atoms with Crippen LogP contribution in [0.25, 0.3) is 0 Å². The number of benzene rings is 2. The molecule has 0 aliphatic carbocycles. The number of alkyl halides is 1. The highest BCUT2D eigenvalue weighted by Crippen LogP contribution is 2.21. The second kappa shape index (κ2) is 7.34. The van der Waals surface area contributed by atoms with Crippen molar-refractivity contribution in [1.29, 1.82) is 0 Å². The molecule has 0 unspecified atom stereocenters. The minimum atomic E-state index is -3.83. The van der Waals surface area contributed by atoms with Crippen molar-refractivity contribution in [3.8, 4) is 0 Å². The third kappa shape index (κ3) is 4.32. The molecule has 144 valence electrons. The van der Waals surface area contributed by atoms with Crippen LogP contribution < -0.4 is 10.0 Å². The lowest BCUT2D eigenvalue weighted by atomic mass is 10.0. The molecule has 6 nitrogen and oxygen atoms in total. The summed E-state index contributed by atoms with van der Waals surface area (Å²) in [6.07, 6.45) is 0. The summed E-state index contributed by atoms with van der Waals surface area (Å²) in [5.41, 5.74) is -0.545. The first-order valence-electron chi connectivity index (χ1n) is 8.10. The van der Waals surface area contributed by atoms with E-state index in [2.05, 4.69) is 10.0 Å². The van der Waals surface area contributed by atoms with Gasteiger partial charge in [0.05, 0.1) is 23.6 Å². The summed E-state index contributed by atoms with van der Waals surface area (Å²) in [7, 11) is -3.83. The molecule has 2 N–H and O–H groups in total. The first-order chi connectivity index (χ1) is 12.7. The van der Waals surface area contributed by atoms with Crippen molar-refractivity contribution in [2.45, 2.75) is 24.0 Å². The molecule has 1 amide bonds. The number of carbonyl (C=O) groups is 1. The van der Waals surface area contributed by atoms with Crippen LogP contribution in [0.5, 0.6) is 0 Å². The van der Waals surface area contributed by atoms with Gasteiger partial charge in [0.25, 0.3) is 5.91 Å². The van der Waals surface area contributed by atoms with Crippen LogP contribution in [0.2, 0.25) is 0 Å². The first kappa shape index (κ1) is 19.4. The Balaban J connectivity index is 1.79. The lowest BCUT2D eigenvalue weighted by Crippen LogP contribution is -2.59. The van der Waals surface area contributed by atoms with Crippen molar-refractivity contribution in [2.24, 2.45) is 0 Å². The molecule has 1 heterocycles. The van der Waals surface area contributed by atoms with Crippen LogP contribution in [-0.4, -0.2) is 33.1 Å². The fourth-order valence-electron chi connectivity index (χ4n) is 2.61. The van der Waals surface area contributed by atoms with Gasteiger partial charge < -0.3 is 10.1 Å². The van der Waals surface area contributed by atoms with Crippen LogP contribution in [0.3, 0.4) is 0 Å². The molecular formula is C18H18F2N2O4S. The minimum absolute atomic E-state index is 0.0631. The Kier molecular flexibility index (Phi) is 5.27. The van der Waals surface area contributed by atoms with Gasteiger partial charge in [-0.1, -0.05) is 6.07 Å². The summed E-state index contributed by atoms with van der Waals surface area (Å²) >= 11 is 0. The summed E-state index contributed by atoms with van der Waals surface area (Å²) in [6.45, 7) is 1.26. The van der Waals surface area contributed by atoms with E-state index < -0.39 is 34.0 Å². The molecule has 3 rings (SSSR count). The van der Waals surface area contributed by atoms with Crippen molar-refractivity contribution in [3.63, 3.8) is 0 Å². The molecule has 2 aromatic carbocycles. The first-order valence-corrected chi connectivity index (χ1v) is 9.58. The number of sulfonamides is 1. The van der Waals surface area contributed by atoms with E-state index in [9.17, 15) is 22.0 Å². The Morgan fingerprint density at radius 3 is 2.59 bits per heavy atom. The number of anilines is 1. The normalized spacial score (nSPS) is 15.8. The Hall–Kier alpha value is -2.36. The average Bonchev–Trinajstić information content (AvgIpc) is 2.61. The number of amides is 1. The molecule has 9 heteroatoms. The zero-order chi connectivity index (χ0) is 19.7. The van der Waals surface area contributed by atoms with E-state index in [4.69, 9.17) is 4.74 Å². The SMILES string of the molecule is CC1(NS(=O)(=O)c2cccc(C(=O)Nc3ccc(F)c(CF)c3)c2)COC1. The molecule has 0 radical (unpaired) electrons. The van der Waals surface area contributed by atoms with Crippen molar-refractivity contribution in [3.05, 3.63) is 59.4 Å². The van der Waals surface area contributed by atoms with Crippen LogP contribution >= 0.6 is 0 Å². The van der Waals surface area contributed by atoms with Gasteiger partial charge in [-0.25, -0.2) is 21.9 Å².